The summed E-state index contributed by atoms with van der Waals surface area (Å²) < 4.78 is 5.45. The van der Waals surface area contributed by atoms with Crippen LogP contribution >= 0.6 is 0 Å². The molecule has 0 spiro atoms. The molecule has 0 unspecified atom stereocenters. The lowest BCUT2D eigenvalue weighted by molar-refractivity contribution is -0.136. The number of hydrogen-bond acceptors (Lipinski definition) is 9. The topological polar surface area (TPSA) is 135 Å². The maximum absolute atomic E-state index is 13.4. The number of methoxy groups -OCH3 is 1. The largest absolute Gasteiger partial charge is 0.380 e. The van der Waals surface area contributed by atoms with Gasteiger partial charge in [0.25, 0.3) is 0 Å². The minimum absolute atomic E-state index is 0.0141. The van der Waals surface area contributed by atoms with Gasteiger partial charge in [0.2, 0.25) is 5.91 Å². The number of hydrogen-bond donors (Lipinski definition) is 1. The van der Waals surface area contributed by atoms with Crippen molar-refractivity contribution in [1.82, 2.24) is 19.8 Å². The first-order chi connectivity index (χ1) is 18.9. The van der Waals surface area contributed by atoms with Crippen molar-refractivity contribution in [3.63, 3.8) is 0 Å². The van der Waals surface area contributed by atoms with E-state index in [1.165, 1.54) is 11.1 Å². The fourth-order valence-electron chi connectivity index (χ4n) is 5.36. The summed E-state index contributed by atoms with van der Waals surface area (Å²) in [6, 6.07) is 5.37. The van der Waals surface area contributed by atoms with Crippen LogP contribution in [0.4, 0.5) is 22.1 Å². The standard InChI is InChI=1S/C27H32N8O4/c1-32-8-9-34(25(37)16-32)14-19-10-18-4-3-6-35(26(18)30-22(19)17-36)27(38)31-24-11-23(20(12-28)13-29-24)33-7-5-21(15-33)39-2/h10-11,13,17,21H,3-9,14-16H2,1-2H3,(H,29,31,38)/t21-/m0/s1. The fraction of sp³-hybridized carbons (Fsp3) is 0.481. The van der Waals surface area contributed by atoms with E-state index in [0.717, 1.165) is 31.5 Å². The normalized spacial score (nSPS) is 19.6. The Morgan fingerprint density at radius 1 is 1.28 bits per heavy atom. The first kappa shape index (κ1) is 26.5. The second-order valence-electron chi connectivity index (χ2n) is 10.2. The van der Waals surface area contributed by atoms with Gasteiger partial charge in [-0.25, -0.2) is 14.8 Å². The minimum atomic E-state index is -0.415. The predicted octanol–water partition coefficient (Wildman–Crippen LogP) is 1.64. The molecule has 3 amide bonds. The highest BCUT2D eigenvalue weighted by Gasteiger charge is 2.29. The molecule has 2 aromatic heterocycles. The molecule has 204 valence electrons. The quantitative estimate of drug-likeness (QED) is 0.551. The monoisotopic (exact) mass is 532 g/mol. The van der Waals surface area contributed by atoms with Gasteiger partial charge in [-0.3, -0.25) is 24.7 Å². The number of amides is 3. The zero-order chi connectivity index (χ0) is 27.5. The zero-order valence-corrected chi connectivity index (χ0v) is 22.2. The van der Waals surface area contributed by atoms with Crippen LogP contribution in [0, 0.1) is 11.3 Å². The summed E-state index contributed by atoms with van der Waals surface area (Å²) in [5.41, 5.74) is 2.89. The zero-order valence-electron chi connectivity index (χ0n) is 22.2. The van der Waals surface area contributed by atoms with Crippen LogP contribution in [0.25, 0.3) is 0 Å². The number of likely N-dealkylation sites (N-methyl/N-ethyl adjacent to an activating group) is 1. The number of aldehydes is 1. The lowest BCUT2D eigenvalue weighted by Gasteiger charge is -2.33. The first-order valence-electron chi connectivity index (χ1n) is 13.1. The van der Waals surface area contributed by atoms with Crippen LogP contribution in [0.1, 0.15) is 40.0 Å². The van der Waals surface area contributed by atoms with Gasteiger partial charge in [-0.15, -0.1) is 0 Å². The number of urea groups is 1. The molecule has 0 aromatic carbocycles. The van der Waals surface area contributed by atoms with Gasteiger partial charge in [0, 0.05) is 64.2 Å². The molecule has 0 aliphatic carbocycles. The molecule has 0 saturated carbocycles. The van der Waals surface area contributed by atoms with Gasteiger partial charge in [-0.05, 0) is 37.9 Å². The molecule has 3 aliphatic rings. The minimum Gasteiger partial charge on any atom is -0.380 e. The number of aromatic nitrogens is 2. The number of carbonyl (C=O) groups excluding carboxylic acids is 3. The molecule has 2 aromatic rings. The number of carbonyl (C=O) groups is 3. The molecule has 5 heterocycles. The van der Waals surface area contributed by atoms with Crippen LogP contribution in [0.3, 0.4) is 0 Å². The van der Waals surface area contributed by atoms with E-state index in [4.69, 9.17) is 4.74 Å². The van der Waals surface area contributed by atoms with Crippen molar-refractivity contribution in [1.29, 1.82) is 5.26 Å². The van der Waals surface area contributed by atoms with Gasteiger partial charge in [-0.2, -0.15) is 5.26 Å². The van der Waals surface area contributed by atoms with Crippen LogP contribution in [0.5, 0.6) is 0 Å². The van der Waals surface area contributed by atoms with Gasteiger partial charge >= 0.3 is 6.03 Å². The van der Waals surface area contributed by atoms with E-state index in [1.54, 1.807) is 18.1 Å². The van der Waals surface area contributed by atoms with Crippen molar-refractivity contribution in [2.45, 2.75) is 31.9 Å². The SMILES string of the molecule is CO[C@H]1CCN(c2cc(NC(=O)N3CCCc4cc(CN5CCN(C)CC5=O)c(C=O)nc43)ncc2C#N)C1. The molecule has 2 saturated heterocycles. The summed E-state index contributed by atoms with van der Waals surface area (Å²) in [4.78, 5) is 54.0. The Morgan fingerprint density at radius 2 is 2.13 bits per heavy atom. The Bertz CT molecular complexity index is 1330. The Morgan fingerprint density at radius 3 is 2.85 bits per heavy atom. The van der Waals surface area contributed by atoms with Crippen LogP contribution in [-0.4, -0.2) is 97.5 Å². The molecular weight excluding hydrogens is 500 g/mol. The number of nitriles is 1. The number of ether oxygens (including phenoxy) is 1. The molecule has 0 radical (unpaired) electrons. The van der Waals surface area contributed by atoms with E-state index >= 15 is 0 Å². The van der Waals surface area contributed by atoms with E-state index < -0.39 is 6.03 Å². The number of anilines is 3. The van der Waals surface area contributed by atoms with Crippen molar-refractivity contribution < 1.29 is 19.1 Å². The summed E-state index contributed by atoms with van der Waals surface area (Å²) in [5, 5.41) is 12.4. The highest BCUT2D eigenvalue weighted by Crippen LogP contribution is 2.30. The summed E-state index contributed by atoms with van der Waals surface area (Å²) in [6.07, 6.45) is 4.52. The molecule has 2 fully saturated rings. The molecular formula is C27H32N8O4. The van der Waals surface area contributed by atoms with Crippen LogP contribution in [0.15, 0.2) is 18.3 Å². The molecule has 12 heteroatoms. The molecule has 1 atom stereocenters. The van der Waals surface area contributed by atoms with Gasteiger partial charge in [-0.1, -0.05) is 0 Å². The molecule has 1 N–H and O–H groups in total. The number of nitrogens with one attached hydrogen (secondary N) is 1. The van der Waals surface area contributed by atoms with Crippen LogP contribution < -0.4 is 15.1 Å². The van der Waals surface area contributed by atoms with E-state index in [0.29, 0.717) is 73.9 Å². The fourth-order valence-corrected chi connectivity index (χ4v) is 5.36. The molecule has 12 nitrogen and oxygen atoms in total. The van der Waals surface area contributed by atoms with E-state index in [-0.39, 0.29) is 17.7 Å². The number of aryl methyl sites for hydroxylation is 1. The average molecular weight is 533 g/mol. The Hall–Kier alpha value is -4.08. The average Bonchev–Trinajstić information content (AvgIpc) is 3.43. The second kappa shape index (κ2) is 11.3. The number of piperazine rings is 1. The van der Waals surface area contributed by atoms with E-state index in [2.05, 4.69) is 26.3 Å². The van der Waals surface area contributed by atoms with Crippen molar-refractivity contribution in [3.8, 4) is 6.07 Å². The second-order valence-corrected chi connectivity index (χ2v) is 10.2. The number of nitrogens with zero attached hydrogens (tertiary/aromatic N) is 7. The first-order valence-corrected chi connectivity index (χ1v) is 13.1. The third kappa shape index (κ3) is 5.55. The third-order valence-electron chi connectivity index (χ3n) is 7.56. The number of rotatable bonds is 6. The maximum Gasteiger partial charge on any atom is 0.328 e. The van der Waals surface area contributed by atoms with Crippen molar-refractivity contribution in [3.05, 3.63) is 40.7 Å². The Balaban J connectivity index is 1.35. The maximum atomic E-state index is 13.4. The number of pyridine rings is 2. The predicted molar refractivity (Wildman–Crippen MR) is 144 cm³/mol. The third-order valence-corrected chi connectivity index (χ3v) is 7.56. The van der Waals surface area contributed by atoms with Gasteiger partial charge in [0.1, 0.15) is 23.4 Å². The van der Waals surface area contributed by atoms with Gasteiger partial charge in [0.05, 0.1) is 23.9 Å². The lowest BCUT2D eigenvalue weighted by atomic mass is 10.0. The van der Waals surface area contributed by atoms with Crippen LogP contribution in [-0.2, 0) is 22.5 Å². The smallest absolute Gasteiger partial charge is 0.328 e. The van der Waals surface area contributed by atoms with Crippen molar-refractivity contribution in [2.24, 2.45) is 0 Å². The Labute approximate surface area is 227 Å². The summed E-state index contributed by atoms with van der Waals surface area (Å²) in [5.74, 6) is 0.772. The highest BCUT2D eigenvalue weighted by atomic mass is 16.5. The summed E-state index contributed by atoms with van der Waals surface area (Å²) in [7, 11) is 3.58. The Kier molecular flexibility index (Phi) is 7.72. The van der Waals surface area contributed by atoms with Crippen molar-refractivity contribution in [2.75, 3.05) is 68.5 Å². The number of fused-ring (bicyclic) bond motifs is 1. The molecule has 3 aliphatic heterocycles. The molecule has 0 bridgehead atoms. The van der Waals surface area contributed by atoms with Gasteiger partial charge < -0.3 is 14.5 Å². The molecule has 39 heavy (non-hydrogen) atoms. The van der Waals surface area contributed by atoms with Crippen molar-refractivity contribution >= 4 is 35.5 Å². The van der Waals surface area contributed by atoms with Crippen LogP contribution in [0.2, 0.25) is 0 Å². The van der Waals surface area contributed by atoms with E-state index in [1.807, 2.05) is 18.0 Å². The summed E-state index contributed by atoms with van der Waals surface area (Å²) in [6.45, 7) is 3.84. The van der Waals surface area contributed by atoms with E-state index in [9.17, 15) is 19.6 Å². The summed E-state index contributed by atoms with van der Waals surface area (Å²) >= 11 is 0. The lowest BCUT2D eigenvalue weighted by Crippen LogP contribution is -2.48. The molecule has 5 rings (SSSR count). The highest BCUT2D eigenvalue weighted by molar-refractivity contribution is 6.02. The van der Waals surface area contributed by atoms with Gasteiger partial charge in [0.15, 0.2) is 6.29 Å².